The molecular formula is C22H21N5O2S3. The van der Waals surface area contributed by atoms with Gasteiger partial charge in [0.2, 0.25) is 5.91 Å². The largest absolute Gasteiger partial charge is 0.319 e. The van der Waals surface area contributed by atoms with E-state index in [1.165, 1.54) is 27.8 Å². The summed E-state index contributed by atoms with van der Waals surface area (Å²) in [5, 5.41) is 6.89. The van der Waals surface area contributed by atoms with E-state index >= 15 is 0 Å². The molecule has 0 spiro atoms. The Labute approximate surface area is 198 Å². The Morgan fingerprint density at radius 3 is 2.31 bits per heavy atom. The number of carbonyl (C=O) groups is 1. The van der Waals surface area contributed by atoms with E-state index in [0.717, 1.165) is 11.4 Å². The van der Waals surface area contributed by atoms with Gasteiger partial charge in [-0.2, -0.15) is 0 Å². The number of anilines is 1. The average Bonchev–Trinajstić information content (AvgIpc) is 3.26. The van der Waals surface area contributed by atoms with Crippen molar-refractivity contribution in [2.45, 2.75) is 23.4 Å². The van der Waals surface area contributed by atoms with Crippen LogP contribution in [0.2, 0.25) is 0 Å². The minimum absolute atomic E-state index is 0.270. The second-order valence-corrected chi connectivity index (χ2v) is 10.3. The fraction of sp³-hybridized carbons (Fsp3) is 0.182. The first-order chi connectivity index (χ1) is 15.4. The van der Waals surface area contributed by atoms with Crippen LogP contribution in [0.15, 0.2) is 69.8 Å². The van der Waals surface area contributed by atoms with Crippen LogP contribution in [0.3, 0.4) is 0 Å². The van der Waals surface area contributed by atoms with Gasteiger partial charge < -0.3 is 5.32 Å². The maximum Gasteiger partial charge on any atom is 0.295 e. The van der Waals surface area contributed by atoms with Gasteiger partial charge in [0, 0.05) is 7.05 Å². The molecular weight excluding hydrogens is 462 g/mol. The Morgan fingerprint density at radius 2 is 1.69 bits per heavy atom. The van der Waals surface area contributed by atoms with Crippen molar-refractivity contribution in [3.05, 3.63) is 80.7 Å². The zero-order valence-electron chi connectivity index (χ0n) is 17.7. The summed E-state index contributed by atoms with van der Waals surface area (Å²) in [6.07, 6.45) is 0. The van der Waals surface area contributed by atoms with E-state index < -0.39 is 5.25 Å². The van der Waals surface area contributed by atoms with Gasteiger partial charge >= 0.3 is 0 Å². The minimum atomic E-state index is -0.469. The molecule has 1 N–H and O–H groups in total. The molecule has 0 unspecified atom stereocenters. The number of hydrogen-bond acceptors (Lipinski definition) is 6. The molecule has 2 aromatic carbocycles. The lowest BCUT2D eigenvalue weighted by atomic mass is 10.3. The van der Waals surface area contributed by atoms with Crippen molar-refractivity contribution in [1.29, 1.82) is 0 Å². The lowest BCUT2D eigenvalue weighted by molar-refractivity contribution is -0.115. The van der Waals surface area contributed by atoms with Crippen LogP contribution in [0, 0.1) is 10.9 Å². The molecule has 2 heterocycles. The van der Waals surface area contributed by atoms with E-state index in [4.69, 9.17) is 12.2 Å². The van der Waals surface area contributed by atoms with Gasteiger partial charge in [-0.25, -0.2) is 9.36 Å². The van der Waals surface area contributed by atoms with Crippen molar-refractivity contribution in [3.8, 4) is 11.4 Å². The Balaban J connectivity index is 1.53. The van der Waals surface area contributed by atoms with Crippen molar-refractivity contribution < 1.29 is 4.79 Å². The molecule has 0 bridgehead atoms. The Hall–Kier alpha value is -2.95. The third-order valence-corrected chi connectivity index (χ3v) is 7.40. The van der Waals surface area contributed by atoms with Crippen LogP contribution < -0.4 is 10.9 Å². The standard InChI is InChI=1S/C22H21N5O2S3/c1-14-18(20(29)27(25(14)3)17-12-8-5-9-13-17)23-19(28)15(2)31-21-24-26(22(30)32-21)16-10-6-4-7-11-16/h4-13,15H,1-3H3,(H,23,28)/t15-/m1/s1. The second kappa shape index (κ2) is 9.27. The number of nitrogens with zero attached hydrogens (tertiary/aromatic N) is 4. The highest BCUT2D eigenvalue weighted by Crippen LogP contribution is 2.28. The third kappa shape index (κ3) is 4.34. The highest BCUT2D eigenvalue weighted by molar-refractivity contribution is 8.02. The molecule has 1 atom stereocenters. The van der Waals surface area contributed by atoms with Crippen LogP contribution in [-0.2, 0) is 11.8 Å². The van der Waals surface area contributed by atoms with E-state index in [9.17, 15) is 9.59 Å². The normalized spacial score (nSPS) is 12.0. The average molecular weight is 484 g/mol. The molecule has 4 rings (SSSR count). The van der Waals surface area contributed by atoms with Crippen LogP contribution in [0.4, 0.5) is 5.69 Å². The predicted octanol–water partition coefficient (Wildman–Crippen LogP) is 4.58. The number of aromatic nitrogens is 4. The molecule has 32 heavy (non-hydrogen) atoms. The van der Waals surface area contributed by atoms with Gasteiger partial charge in [-0.3, -0.25) is 14.3 Å². The molecule has 7 nitrogen and oxygen atoms in total. The van der Waals surface area contributed by atoms with E-state index in [1.54, 1.807) is 30.3 Å². The summed E-state index contributed by atoms with van der Waals surface area (Å²) in [5.41, 5.74) is 2.28. The van der Waals surface area contributed by atoms with Gasteiger partial charge in [0.1, 0.15) is 5.69 Å². The summed E-state index contributed by atoms with van der Waals surface area (Å²) in [6, 6.07) is 18.9. The summed E-state index contributed by atoms with van der Waals surface area (Å²) in [4.78, 5) is 25.9. The van der Waals surface area contributed by atoms with Gasteiger partial charge in [0.25, 0.3) is 5.56 Å². The van der Waals surface area contributed by atoms with Crippen molar-refractivity contribution in [2.24, 2.45) is 7.05 Å². The summed E-state index contributed by atoms with van der Waals surface area (Å²) < 4.78 is 6.25. The maximum absolute atomic E-state index is 13.0. The Bertz CT molecular complexity index is 1370. The summed E-state index contributed by atoms with van der Waals surface area (Å²) in [7, 11) is 1.79. The van der Waals surface area contributed by atoms with Crippen LogP contribution in [0.5, 0.6) is 0 Å². The molecule has 0 aliphatic heterocycles. The number of para-hydroxylation sites is 2. The minimum Gasteiger partial charge on any atom is -0.319 e. The molecule has 0 aliphatic carbocycles. The molecule has 0 saturated carbocycles. The van der Waals surface area contributed by atoms with Gasteiger partial charge in [-0.1, -0.05) is 59.5 Å². The van der Waals surface area contributed by atoms with Gasteiger partial charge in [-0.05, 0) is 50.3 Å². The first kappa shape index (κ1) is 22.3. The molecule has 1 amide bonds. The highest BCUT2D eigenvalue weighted by Gasteiger charge is 2.22. The Kier molecular flexibility index (Phi) is 6.45. The number of hydrogen-bond donors (Lipinski definition) is 1. The summed E-state index contributed by atoms with van der Waals surface area (Å²) in [6.45, 7) is 3.59. The van der Waals surface area contributed by atoms with Crippen LogP contribution in [-0.4, -0.2) is 30.3 Å². The molecule has 2 aromatic heterocycles. The lowest BCUT2D eigenvalue weighted by Gasteiger charge is -2.09. The van der Waals surface area contributed by atoms with Crippen LogP contribution in [0.25, 0.3) is 11.4 Å². The highest BCUT2D eigenvalue weighted by atomic mass is 32.2. The first-order valence-corrected chi connectivity index (χ1v) is 11.9. The van der Waals surface area contributed by atoms with Gasteiger partial charge in [0.15, 0.2) is 8.29 Å². The number of carbonyl (C=O) groups excluding carboxylic acids is 1. The number of benzene rings is 2. The van der Waals surface area contributed by atoms with Gasteiger partial charge in [-0.15, -0.1) is 5.10 Å². The van der Waals surface area contributed by atoms with E-state index in [0.29, 0.717) is 14.0 Å². The molecule has 0 saturated heterocycles. The summed E-state index contributed by atoms with van der Waals surface area (Å²) in [5.74, 6) is -0.270. The number of nitrogens with one attached hydrogen (secondary N) is 1. The zero-order valence-corrected chi connectivity index (χ0v) is 20.1. The smallest absolute Gasteiger partial charge is 0.295 e. The molecule has 0 aliphatic rings. The zero-order chi connectivity index (χ0) is 22.8. The van der Waals surface area contributed by atoms with Crippen molar-refractivity contribution in [3.63, 3.8) is 0 Å². The molecule has 4 aromatic rings. The number of thioether (sulfide) groups is 1. The third-order valence-electron chi connectivity index (χ3n) is 4.98. The monoisotopic (exact) mass is 483 g/mol. The topological polar surface area (TPSA) is 73.8 Å². The van der Waals surface area contributed by atoms with Crippen molar-refractivity contribution >= 4 is 46.9 Å². The fourth-order valence-corrected chi connectivity index (χ4v) is 5.69. The molecule has 0 radical (unpaired) electrons. The van der Waals surface area contributed by atoms with Crippen LogP contribution in [0.1, 0.15) is 12.6 Å². The molecule has 0 fully saturated rings. The van der Waals surface area contributed by atoms with E-state index in [-0.39, 0.29) is 17.2 Å². The van der Waals surface area contributed by atoms with E-state index in [1.807, 2.05) is 60.7 Å². The number of amides is 1. The second-order valence-electron chi connectivity index (χ2n) is 7.07. The first-order valence-electron chi connectivity index (χ1n) is 9.84. The molecule has 164 valence electrons. The molecule has 10 heteroatoms. The SMILES string of the molecule is Cc1c(NC(=O)[C@@H](C)Sc2nn(-c3ccccc3)c(=S)s2)c(=O)n(-c2ccccc2)n1C. The van der Waals surface area contributed by atoms with Gasteiger partial charge in [0.05, 0.1) is 22.3 Å². The quantitative estimate of drug-likeness (QED) is 0.321. The maximum atomic E-state index is 13.0. The van der Waals surface area contributed by atoms with Crippen molar-refractivity contribution in [2.75, 3.05) is 5.32 Å². The van der Waals surface area contributed by atoms with Crippen molar-refractivity contribution in [1.82, 2.24) is 19.1 Å². The fourth-order valence-electron chi connectivity index (χ4n) is 3.18. The predicted molar refractivity (Wildman–Crippen MR) is 132 cm³/mol. The summed E-state index contributed by atoms with van der Waals surface area (Å²) >= 11 is 8.10. The number of rotatable bonds is 6. The Morgan fingerprint density at radius 1 is 1.09 bits per heavy atom. The lowest BCUT2D eigenvalue weighted by Crippen LogP contribution is -2.27. The van der Waals surface area contributed by atoms with E-state index in [2.05, 4.69) is 10.4 Å². The van der Waals surface area contributed by atoms with Crippen LogP contribution >= 0.6 is 35.3 Å².